The molecule has 0 heterocycles. The number of rotatable bonds is 4. The molecular formula is C12H12F2O3. The third-order valence-electron chi connectivity index (χ3n) is 2.17. The van der Waals surface area contributed by atoms with Gasteiger partial charge in [0.1, 0.15) is 5.75 Å². The van der Waals surface area contributed by atoms with Gasteiger partial charge in [0.05, 0.1) is 0 Å². The minimum absolute atomic E-state index is 0.0602. The number of benzene rings is 1. The number of hydrogen-bond donors (Lipinski definition) is 1. The van der Waals surface area contributed by atoms with Crippen LogP contribution in [0.2, 0.25) is 0 Å². The highest BCUT2D eigenvalue weighted by Crippen LogP contribution is 2.26. The first-order valence-corrected chi connectivity index (χ1v) is 4.87. The molecular weight excluding hydrogens is 230 g/mol. The normalized spacial score (nSPS) is 11.1. The smallest absolute Gasteiger partial charge is 0.387 e. The Morgan fingerprint density at radius 2 is 2.06 bits per heavy atom. The van der Waals surface area contributed by atoms with Crippen LogP contribution < -0.4 is 4.74 Å². The number of alkyl halides is 2. The van der Waals surface area contributed by atoms with Gasteiger partial charge in [0.2, 0.25) is 0 Å². The number of ether oxygens (including phenoxy) is 1. The summed E-state index contributed by atoms with van der Waals surface area (Å²) in [5.74, 6) is -1.03. The monoisotopic (exact) mass is 242 g/mol. The second kappa shape index (κ2) is 5.43. The Balaban J connectivity index is 3.14. The van der Waals surface area contributed by atoms with Crippen LogP contribution in [-0.4, -0.2) is 17.7 Å². The van der Waals surface area contributed by atoms with E-state index in [1.165, 1.54) is 12.1 Å². The summed E-state index contributed by atoms with van der Waals surface area (Å²) in [4.78, 5) is 10.4. The zero-order valence-corrected chi connectivity index (χ0v) is 9.41. The molecule has 0 radical (unpaired) electrons. The topological polar surface area (TPSA) is 46.5 Å². The Kier molecular flexibility index (Phi) is 4.20. The van der Waals surface area contributed by atoms with Gasteiger partial charge in [-0.05, 0) is 42.7 Å². The van der Waals surface area contributed by atoms with E-state index in [9.17, 15) is 13.6 Å². The lowest BCUT2D eigenvalue weighted by atomic mass is 10.0. The maximum absolute atomic E-state index is 12.1. The van der Waals surface area contributed by atoms with E-state index in [-0.39, 0.29) is 5.75 Å². The molecule has 92 valence electrons. The van der Waals surface area contributed by atoms with Crippen molar-refractivity contribution in [2.24, 2.45) is 0 Å². The number of halogens is 2. The Morgan fingerprint density at radius 1 is 1.41 bits per heavy atom. The van der Waals surface area contributed by atoms with Crippen molar-refractivity contribution in [1.29, 1.82) is 0 Å². The lowest BCUT2D eigenvalue weighted by Gasteiger charge is -2.11. The van der Waals surface area contributed by atoms with E-state index in [1.807, 2.05) is 0 Å². The highest BCUT2D eigenvalue weighted by atomic mass is 19.3. The number of carboxylic acid groups (broad SMARTS) is 1. The maximum Gasteiger partial charge on any atom is 0.387 e. The first kappa shape index (κ1) is 13.2. The van der Waals surface area contributed by atoms with Crippen LogP contribution in [0.5, 0.6) is 5.75 Å². The first-order chi connectivity index (χ1) is 7.90. The highest BCUT2D eigenvalue weighted by Gasteiger charge is 2.10. The molecule has 0 aromatic heterocycles. The Labute approximate surface area is 97.3 Å². The van der Waals surface area contributed by atoms with Crippen molar-refractivity contribution < 1.29 is 23.4 Å². The third-order valence-corrected chi connectivity index (χ3v) is 2.17. The summed E-state index contributed by atoms with van der Waals surface area (Å²) in [5.41, 5.74) is 1.74. The summed E-state index contributed by atoms with van der Waals surface area (Å²) in [7, 11) is 0. The number of carboxylic acids is 1. The zero-order chi connectivity index (χ0) is 13.0. The fraction of sp³-hybridized carbons (Fsp3) is 0.250. The van der Waals surface area contributed by atoms with Gasteiger partial charge in [-0.2, -0.15) is 8.78 Å². The lowest BCUT2D eigenvalue weighted by molar-refractivity contribution is -0.131. The first-order valence-electron chi connectivity index (χ1n) is 4.87. The van der Waals surface area contributed by atoms with Gasteiger partial charge in [-0.25, -0.2) is 4.79 Å². The molecule has 0 atom stereocenters. The second-order valence-corrected chi connectivity index (χ2v) is 3.53. The summed E-state index contributed by atoms with van der Waals surface area (Å²) >= 11 is 0. The van der Waals surface area contributed by atoms with Crippen LogP contribution >= 0.6 is 0 Å². The number of hydrogen-bond acceptors (Lipinski definition) is 2. The van der Waals surface area contributed by atoms with Crippen molar-refractivity contribution in [2.45, 2.75) is 20.5 Å². The van der Waals surface area contributed by atoms with Crippen molar-refractivity contribution >= 4 is 12.0 Å². The summed E-state index contributed by atoms with van der Waals surface area (Å²) in [6, 6.07) is 3.19. The van der Waals surface area contributed by atoms with E-state index in [4.69, 9.17) is 5.11 Å². The number of aliphatic carboxylic acids is 1. The predicted octanol–water partition coefficient (Wildman–Crippen LogP) is 3.00. The van der Waals surface area contributed by atoms with Crippen LogP contribution in [0.25, 0.3) is 6.08 Å². The molecule has 1 N–H and O–H groups in total. The standard InChI is InChI=1S/C12H12F2O3/c1-7-5-9(3-4-11(15)16)8(2)10(6-7)17-12(13)14/h3-6,12H,1-2H3,(H,15,16)/b4-3+. The average molecular weight is 242 g/mol. The van der Waals surface area contributed by atoms with Gasteiger partial charge in [0.15, 0.2) is 0 Å². The van der Waals surface area contributed by atoms with Crippen LogP contribution in [0.15, 0.2) is 18.2 Å². The van der Waals surface area contributed by atoms with Crippen molar-refractivity contribution in [1.82, 2.24) is 0 Å². The fourth-order valence-corrected chi connectivity index (χ4v) is 1.41. The lowest BCUT2D eigenvalue weighted by Crippen LogP contribution is -2.04. The van der Waals surface area contributed by atoms with Gasteiger partial charge in [-0.1, -0.05) is 6.07 Å². The largest absolute Gasteiger partial charge is 0.478 e. The molecule has 0 unspecified atom stereocenters. The van der Waals surface area contributed by atoms with Gasteiger partial charge < -0.3 is 9.84 Å². The molecule has 3 nitrogen and oxygen atoms in total. The van der Waals surface area contributed by atoms with Crippen molar-refractivity contribution in [3.63, 3.8) is 0 Å². The van der Waals surface area contributed by atoms with Gasteiger partial charge in [-0.15, -0.1) is 0 Å². The van der Waals surface area contributed by atoms with Crippen molar-refractivity contribution in [3.8, 4) is 5.75 Å². The summed E-state index contributed by atoms with van der Waals surface area (Å²) in [6.07, 6.45) is 2.30. The van der Waals surface area contributed by atoms with E-state index in [0.29, 0.717) is 11.1 Å². The Hall–Kier alpha value is -1.91. The molecule has 17 heavy (non-hydrogen) atoms. The van der Waals surface area contributed by atoms with E-state index < -0.39 is 12.6 Å². The van der Waals surface area contributed by atoms with E-state index in [2.05, 4.69) is 4.74 Å². The minimum atomic E-state index is -2.90. The minimum Gasteiger partial charge on any atom is -0.478 e. The molecule has 0 bridgehead atoms. The molecule has 1 rings (SSSR count). The molecule has 0 aliphatic carbocycles. The molecule has 0 aliphatic heterocycles. The molecule has 0 saturated heterocycles. The van der Waals surface area contributed by atoms with Crippen LogP contribution in [0.3, 0.4) is 0 Å². The Bertz CT molecular complexity index is 453. The van der Waals surface area contributed by atoms with Crippen molar-refractivity contribution in [3.05, 3.63) is 34.9 Å². The third kappa shape index (κ3) is 3.86. The Morgan fingerprint density at radius 3 is 2.59 bits per heavy atom. The zero-order valence-electron chi connectivity index (χ0n) is 9.41. The van der Waals surface area contributed by atoms with Gasteiger partial charge >= 0.3 is 12.6 Å². The summed E-state index contributed by atoms with van der Waals surface area (Å²) < 4.78 is 28.6. The SMILES string of the molecule is Cc1cc(/C=C/C(=O)O)c(C)c(OC(F)F)c1. The van der Waals surface area contributed by atoms with E-state index in [1.54, 1.807) is 19.9 Å². The molecule has 0 fully saturated rings. The second-order valence-electron chi connectivity index (χ2n) is 3.53. The molecule has 5 heteroatoms. The maximum atomic E-state index is 12.1. The quantitative estimate of drug-likeness (QED) is 0.825. The van der Waals surface area contributed by atoms with Gasteiger partial charge in [-0.3, -0.25) is 0 Å². The van der Waals surface area contributed by atoms with Gasteiger partial charge in [0, 0.05) is 6.08 Å². The number of aryl methyl sites for hydroxylation is 1. The molecule has 1 aromatic carbocycles. The molecule has 0 aliphatic rings. The van der Waals surface area contributed by atoms with Crippen LogP contribution in [0.1, 0.15) is 16.7 Å². The highest BCUT2D eigenvalue weighted by molar-refractivity contribution is 5.85. The summed E-state index contributed by atoms with van der Waals surface area (Å²) in [5, 5.41) is 8.51. The molecule has 1 aromatic rings. The van der Waals surface area contributed by atoms with Gasteiger partial charge in [0.25, 0.3) is 0 Å². The average Bonchev–Trinajstić information content (AvgIpc) is 2.19. The molecule has 0 amide bonds. The molecule has 0 saturated carbocycles. The predicted molar refractivity (Wildman–Crippen MR) is 59.2 cm³/mol. The van der Waals surface area contributed by atoms with Crippen molar-refractivity contribution in [2.75, 3.05) is 0 Å². The van der Waals surface area contributed by atoms with Crippen LogP contribution in [-0.2, 0) is 4.79 Å². The number of carbonyl (C=O) groups is 1. The van der Waals surface area contributed by atoms with E-state index >= 15 is 0 Å². The van der Waals surface area contributed by atoms with E-state index in [0.717, 1.165) is 11.6 Å². The van der Waals surface area contributed by atoms with Crippen LogP contribution in [0.4, 0.5) is 8.78 Å². The molecule has 0 spiro atoms. The van der Waals surface area contributed by atoms with Crippen LogP contribution in [0, 0.1) is 13.8 Å². The summed E-state index contributed by atoms with van der Waals surface area (Å²) in [6.45, 7) is 0.418. The fourth-order valence-electron chi connectivity index (χ4n) is 1.41.